The SMILES string of the molecule is CS(=O)(=O)Oc1ccccc1Cl. The summed E-state index contributed by atoms with van der Waals surface area (Å²) in [5, 5.41) is 0.280. The highest BCUT2D eigenvalue weighted by atomic mass is 35.5. The molecule has 12 heavy (non-hydrogen) atoms. The Kier molecular flexibility index (Phi) is 2.59. The maximum absolute atomic E-state index is 10.7. The summed E-state index contributed by atoms with van der Waals surface area (Å²) in [6.45, 7) is 0. The fourth-order valence-corrected chi connectivity index (χ4v) is 1.37. The zero-order chi connectivity index (χ0) is 9.19. The fourth-order valence-electron chi connectivity index (χ4n) is 0.675. The van der Waals surface area contributed by atoms with Crippen LogP contribution < -0.4 is 4.18 Å². The van der Waals surface area contributed by atoms with Crippen molar-refractivity contribution in [3.05, 3.63) is 29.3 Å². The first kappa shape index (κ1) is 9.35. The number of benzene rings is 1. The summed E-state index contributed by atoms with van der Waals surface area (Å²) < 4.78 is 25.9. The third kappa shape index (κ3) is 2.71. The Hall–Kier alpha value is -0.740. The van der Waals surface area contributed by atoms with E-state index in [9.17, 15) is 8.42 Å². The average molecular weight is 207 g/mol. The molecule has 1 aromatic rings. The van der Waals surface area contributed by atoms with Crippen LogP contribution in [0.25, 0.3) is 0 Å². The van der Waals surface area contributed by atoms with Crippen LogP contribution in [0.2, 0.25) is 5.02 Å². The lowest BCUT2D eigenvalue weighted by atomic mass is 10.3. The molecule has 1 rings (SSSR count). The van der Waals surface area contributed by atoms with Crippen LogP contribution >= 0.6 is 11.6 Å². The molecule has 0 spiro atoms. The zero-order valence-corrected chi connectivity index (χ0v) is 7.89. The quantitative estimate of drug-likeness (QED) is 0.692. The van der Waals surface area contributed by atoms with Crippen molar-refractivity contribution in [2.75, 3.05) is 6.26 Å². The van der Waals surface area contributed by atoms with E-state index in [0.29, 0.717) is 0 Å². The van der Waals surface area contributed by atoms with Crippen LogP contribution in [0.5, 0.6) is 5.75 Å². The number of para-hydroxylation sites is 1. The normalized spacial score (nSPS) is 11.2. The van der Waals surface area contributed by atoms with Crippen molar-refractivity contribution in [2.24, 2.45) is 0 Å². The molecule has 5 heteroatoms. The molecule has 0 bridgehead atoms. The van der Waals surface area contributed by atoms with E-state index in [2.05, 4.69) is 4.18 Å². The van der Waals surface area contributed by atoms with Crippen molar-refractivity contribution in [2.45, 2.75) is 0 Å². The maximum atomic E-state index is 10.7. The Morgan fingerprint density at radius 2 is 1.92 bits per heavy atom. The van der Waals surface area contributed by atoms with Gasteiger partial charge in [0.2, 0.25) is 0 Å². The van der Waals surface area contributed by atoms with Crippen LogP contribution in [0.15, 0.2) is 24.3 Å². The summed E-state index contributed by atoms with van der Waals surface area (Å²) in [5.74, 6) is 0.154. The Morgan fingerprint density at radius 3 is 2.42 bits per heavy atom. The zero-order valence-electron chi connectivity index (χ0n) is 6.32. The summed E-state index contributed by atoms with van der Waals surface area (Å²) >= 11 is 5.64. The minimum Gasteiger partial charge on any atom is -0.381 e. The minimum absolute atomic E-state index is 0.154. The largest absolute Gasteiger partial charge is 0.381 e. The van der Waals surface area contributed by atoms with Gasteiger partial charge in [0.15, 0.2) is 5.75 Å². The second-order valence-electron chi connectivity index (χ2n) is 2.22. The van der Waals surface area contributed by atoms with Crippen LogP contribution in [0.1, 0.15) is 0 Å². The first-order chi connectivity index (χ1) is 5.49. The van der Waals surface area contributed by atoms with Crippen molar-refractivity contribution in [1.29, 1.82) is 0 Å². The van der Waals surface area contributed by atoms with Gasteiger partial charge in [-0.3, -0.25) is 0 Å². The van der Waals surface area contributed by atoms with E-state index in [0.717, 1.165) is 6.26 Å². The maximum Gasteiger partial charge on any atom is 0.306 e. The summed E-state index contributed by atoms with van der Waals surface area (Å²) in [5.41, 5.74) is 0. The Labute approximate surface area is 76.0 Å². The molecule has 0 amide bonds. The topological polar surface area (TPSA) is 43.4 Å². The lowest BCUT2D eigenvalue weighted by Crippen LogP contribution is -2.05. The predicted octanol–water partition coefficient (Wildman–Crippen LogP) is 1.68. The minimum atomic E-state index is -3.48. The van der Waals surface area contributed by atoms with Gasteiger partial charge >= 0.3 is 10.1 Å². The molecule has 0 saturated heterocycles. The molecule has 0 aromatic heterocycles. The highest BCUT2D eigenvalue weighted by Gasteiger charge is 2.06. The molecule has 0 saturated carbocycles. The molecule has 0 aliphatic rings. The molecule has 0 unspecified atom stereocenters. The van der Waals surface area contributed by atoms with Gasteiger partial charge in [0, 0.05) is 0 Å². The number of hydrogen-bond acceptors (Lipinski definition) is 3. The van der Waals surface area contributed by atoms with E-state index in [1.54, 1.807) is 18.2 Å². The second-order valence-corrected chi connectivity index (χ2v) is 4.20. The summed E-state index contributed by atoms with van der Waals surface area (Å²) in [6.07, 6.45) is 0.969. The third-order valence-corrected chi connectivity index (χ3v) is 1.87. The number of rotatable bonds is 2. The van der Waals surface area contributed by atoms with Gasteiger partial charge in [0.25, 0.3) is 0 Å². The van der Waals surface area contributed by atoms with Crippen molar-refractivity contribution in [3.63, 3.8) is 0 Å². The van der Waals surface area contributed by atoms with Crippen LogP contribution in [0, 0.1) is 0 Å². The monoisotopic (exact) mass is 206 g/mol. The summed E-state index contributed by atoms with van der Waals surface area (Å²) in [4.78, 5) is 0. The van der Waals surface area contributed by atoms with Crippen molar-refractivity contribution < 1.29 is 12.6 Å². The molecule has 3 nitrogen and oxygen atoms in total. The summed E-state index contributed by atoms with van der Waals surface area (Å²) in [7, 11) is -3.48. The fraction of sp³-hybridized carbons (Fsp3) is 0.143. The number of halogens is 1. The Bertz CT molecular complexity index is 372. The highest BCUT2D eigenvalue weighted by molar-refractivity contribution is 7.86. The van der Waals surface area contributed by atoms with Gasteiger partial charge in [-0.2, -0.15) is 8.42 Å². The summed E-state index contributed by atoms with van der Waals surface area (Å²) in [6, 6.07) is 6.38. The molecular weight excluding hydrogens is 200 g/mol. The van der Waals surface area contributed by atoms with E-state index >= 15 is 0 Å². The van der Waals surface area contributed by atoms with Crippen molar-refractivity contribution >= 4 is 21.7 Å². The lowest BCUT2D eigenvalue weighted by molar-refractivity contribution is 0.493. The highest BCUT2D eigenvalue weighted by Crippen LogP contribution is 2.23. The first-order valence-electron chi connectivity index (χ1n) is 3.13. The van der Waals surface area contributed by atoms with E-state index in [4.69, 9.17) is 11.6 Å². The van der Waals surface area contributed by atoms with Crippen LogP contribution in [0.3, 0.4) is 0 Å². The molecule has 0 aliphatic heterocycles. The van der Waals surface area contributed by atoms with E-state index in [1.807, 2.05) is 0 Å². The Balaban J connectivity index is 2.98. The van der Waals surface area contributed by atoms with Crippen LogP contribution in [-0.4, -0.2) is 14.7 Å². The molecule has 0 aliphatic carbocycles. The molecule has 1 aromatic carbocycles. The second kappa shape index (κ2) is 3.33. The van der Waals surface area contributed by atoms with E-state index in [1.165, 1.54) is 6.07 Å². The third-order valence-electron chi connectivity index (χ3n) is 1.08. The lowest BCUT2D eigenvalue weighted by Gasteiger charge is -2.03. The molecule has 0 radical (unpaired) electrons. The van der Waals surface area contributed by atoms with Gasteiger partial charge in [-0.25, -0.2) is 0 Å². The smallest absolute Gasteiger partial charge is 0.306 e. The molecule has 0 atom stereocenters. The van der Waals surface area contributed by atoms with E-state index < -0.39 is 10.1 Å². The van der Waals surface area contributed by atoms with E-state index in [-0.39, 0.29) is 10.8 Å². The first-order valence-corrected chi connectivity index (χ1v) is 5.32. The molecule has 0 fully saturated rings. The average Bonchev–Trinajstić information content (AvgIpc) is 1.91. The molecular formula is C7H7ClO3S. The van der Waals surface area contributed by atoms with Crippen molar-refractivity contribution in [1.82, 2.24) is 0 Å². The molecule has 0 N–H and O–H groups in total. The van der Waals surface area contributed by atoms with Gasteiger partial charge in [-0.15, -0.1) is 0 Å². The van der Waals surface area contributed by atoms with Gasteiger partial charge in [-0.1, -0.05) is 23.7 Å². The van der Waals surface area contributed by atoms with Crippen LogP contribution in [-0.2, 0) is 10.1 Å². The number of hydrogen-bond donors (Lipinski definition) is 0. The molecule has 66 valence electrons. The van der Waals surface area contributed by atoms with Crippen LogP contribution in [0.4, 0.5) is 0 Å². The van der Waals surface area contributed by atoms with Gasteiger partial charge < -0.3 is 4.18 Å². The van der Waals surface area contributed by atoms with Gasteiger partial charge in [0.1, 0.15) is 0 Å². The standard InChI is InChI=1S/C7H7ClO3S/c1-12(9,10)11-7-5-3-2-4-6(7)8/h2-5H,1H3. The Morgan fingerprint density at radius 1 is 1.33 bits per heavy atom. The molecule has 0 heterocycles. The van der Waals surface area contributed by atoms with Gasteiger partial charge in [0.05, 0.1) is 11.3 Å². The van der Waals surface area contributed by atoms with Gasteiger partial charge in [-0.05, 0) is 12.1 Å². The van der Waals surface area contributed by atoms with Crippen molar-refractivity contribution in [3.8, 4) is 5.75 Å². The predicted molar refractivity (Wildman–Crippen MR) is 46.9 cm³/mol.